The maximum Gasteiger partial charge on any atom is 0.338 e. The van der Waals surface area contributed by atoms with Crippen molar-refractivity contribution < 1.29 is 42.9 Å². The van der Waals surface area contributed by atoms with Crippen LogP contribution in [0.1, 0.15) is 38.8 Å². The van der Waals surface area contributed by atoms with Crippen LogP contribution in [0.3, 0.4) is 0 Å². The van der Waals surface area contributed by atoms with E-state index in [2.05, 4.69) is 26.3 Å². The molecule has 0 radical (unpaired) electrons. The lowest BCUT2D eigenvalue weighted by Crippen LogP contribution is -2.13. The summed E-state index contributed by atoms with van der Waals surface area (Å²) in [5.74, 6) is -2.64. The van der Waals surface area contributed by atoms with Gasteiger partial charge in [0.1, 0.15) is 6.61 Å². The van der Waals surface area contributed by atoms with E-state index in [-0.39, 0.29) is 51.9 Å². The van der Waals surface area contributed by atoms with Crippen molar-refractivity contribution in [2.45, 2.75) is 34.3 Å². The Bertz CT molecular complexity index is 1430. The third kappa shape index (κ3) is 9.29. The van der Waals surface area contributed by atoms with Crippen LogP contribution < -0.4 is 18.9 Å². The van der Waals surface area contributed by atoms with Gasteiger partial charge < -0.3 is 23.7 Å². The van der Waals surface area contributed by atoms with Crippen LogP contribution in [0.4, 0.5) is 0 Å². The van der Waals surface area contributed by atoms with Crippen LogP contribution in [0.25, 0.3) is 6.08 Å². The summed E-state index contributed by atoms with van der Waals surface area (Å²) in [5.41, 5.74) is 1.84. The SMILES string of the molecule is C=C(C)C(=O)Oc1ccc(/C=C/OCc2ccc(OC(=O)C(=C)C)c(OC(=O)C(=C)C)c2)cc1OC(=O)C(=C)C. The first-order chi connectivity index (χ1) is 18.8. The minimum Gasteiger partial charge on any atom is -0.496 e. The topological polar surface area (TPSA) is 114 Å². The molecule has 208 valence electrons. The first-order valence-electron chi connectivity index (χ1n) is 11.8. The van der Waals surface area contributed by atoms with Crippen molar-refractivity contribution in [1.29, 1.82) is 0 Å². The Morgan fingerprint density at radius 1 is 0.600 bits per heavy atom. The van der Waals surface area contributed by atoms with E-state index in [1.54, 1.807) is 18.2 Å². The summed E-state index contributed by atoms with van der Waals surface area (Å²) in [6.07, 6.45) is 2.99. The minimum absolute atomic E-state index is 0.00798. The maximum atomic E-state index is 12.1. The van der Waals surface area contributed by atoms with Crippen molar-refractivity contribution in [3.05, 3.63) is 102 Å². The van der Waals surface area contributed by atoms with E-state index in [9.17, 15) is 19.2 Å². The predicted molar refractivity (Wildman–Crippen MR) is 149 cm³/mol. The highest BCUT2D eigenvalue weighted by molar-refractivity contribution is 5.92. The van der Waals surface area contributed by atoms with Crippen molar-refractivity contribution in [3.63, 3.8) is 0 Å². The van der Waals surface area contributed by atoms with Crippen molar-refractivity contribution >= 4 is 30.0 Å². The molecule has 0 aliphatic rings. The Morgan fingerprint density at radius 3 is 1.45 bits per heavy atom. The molecule has 0 aliphatic heterocycles. The van der Waals surface area contributed by atoms with E-state index >= 15 is 0 Å². The van der Waals surface area contributed by atoms with Gasteiger partial charge in [-0.1, -0.05) is 38.4 Å². The van der Waals surface area contributed by atoms with E-state index in [1.165, 1.54) is 58.2 Å². The molecule has 0 aromatic heterocycles. The molecule has 0 aliphatic carbocycles. The molecule has 2 aromatic rings. The van der Waals surface area contributed by atoms with Gasteiger partial charge >= 0.3 is 23.9 Å². The van der Waals surface area contributed by atoms with Gasteiger partial charge in [-0.15, -0.1) is 0 Å². The number of ether oxygens (including phenoxy) is 5. The summed E-state index contributed by atoms with van der Waals surface area (Å²) in [6.45, 7) is 20.2. The van der Waals surface area contributed by atoms with Crippen LogP contribution in [-0.4, -0.2) is 23.9 Å². The average Bonchev–Trinajstić information content (AvgIpc) is 2.88. The average molecular weight is 547 g/mol. The molecule has 0 spiro atoms. The molecule has 0 atom stereocenters. The molecule has 9 heteroatoms. The minimum atomic E-state index is -0.689. The Kier molecular flexibility index (Phi) is 10.9. The third-order valence-corrected chi connectivity index (χ3v) is 4.79. The van der Waals surface area contributed by atoms with Crippen molar-refractivity contribution in [3.8, 4) is 23.0 Å². The van der Waals surface area contributed by atoms with Gasteiger partial charge in [-0.2, -0.15) is 0 Å². The van der Waals surface area contributed by atoms with Gasteiger partial charge in [-0.05, 0) is 69.2 Å². The van der Waals surface area contributed by atoms with Gasteiger partial charge in [0.05, 0.1) is 6.26 Å². The van der Waals surface area contributed by atoms with Crippen LogP contribution in [-0.2, 0) is 30.5 Å². The second kappa shape index (κ2) is 14.1. The highest BCUT2D eigenvalue weighted by Gasteiger charge is 2.17. The third-order valence-electron chi connectivity index (χ3n) is 4.79. The second-order valence-electron chi connectivity index (χ2n) is 8.78. The van der Waals surface area contributed by atoms with Crippen LogP contribution >= 0.6 is 0 Å². The van der Waals surface area contributed by atoms with E-state index in [0.717, 1.165) is 0 Å². The summed E-state index contributed by atoms with van der Waals surface area (Å²) < 4.78 is 26.7. The van der Waals surface area contributed by atoms with Crippen molar-refractivity contribution in [1.82, 2.24) is 0 Å². The molecule has 0 fully saturated rings. The molecule has 40 heavy (non-hydrogen) atoms. The zero-order chi connectivity index (χ0) is 30.0. The summed E-state index contributed by atoms with van der Waals surface area (Å²) in [6, 6.07) is 9.18. The standard InChI is InChI=1S/C31H30O9/c1-18(2)28(32)37-24-11-9-22(15-26(24)39-30(34)20(5)6)13-14-36-17-23-10-12-25(38-29(33)19(3)4)27(16-23)40-31(35)21(7)8/h9-16H,1,3,5,7,17H2,2,4,6,8H3/b14-13+. The summed E-state index contributed by atoms with van der Waals surface area (Å²) in [4.78, 5) is 48.1. The zero-order valence-corrected chi connectivity index (χ0v) is 22.8. The Hall–Kier alpha value is -5.18. The lowest BCUT2D eigenvalue weighted by Gasteiger charge is -2.12. The lowest BCUT2D eigenvalue weighted by atomic mass is 10.2. The summed E-state index contributed by atoms with van der Waals surface area (Å²) >= 11 is 0. The molecule has 0 saturated carbocycles. The van der Waals surface area contributed by atoms with Gasteiger partial charge in [-0.25, -0.2) is 19.2 Å². The largest absolute Gasteiger partial charge is 0.496 e. The van der Waals surface area contributed by atoms with Gasteiger partial charge in [0, 0.05) is 22.3 Å². The van der Waals surface area contributed by atoms with Gasteiger partial charge in [-0.3, -0.25) is 0 Å². The number of benzene rings is 2. The molecule has 0 heterocycles. The van der Waals surface area contributed by atoms with Crippen LogP contribution in [0.2, 0.25) is 0 Å². The highest BCUT2D eigenvalue weighted by Crippen LogP contribution is 2.31. The number of carbonyl (C=O) groups excluding carboxylic acids is 4. The van der Waals surface area contributed by atoms with Gasteiger partial charge in [0.15, 0.2) is 23.0 Å². The molecular weight excluding hydrogens is 516 g/mol. The molecule has 0 saturated heterocycles. The normalized spacial score (nSPS) is 10.3. The predicted octanol–water partition coefficient (Wildman–Crippen LogP) is 5.80. The lowest BCUT2D eigenvalue weighted by molar-refractivity contribution is -0.132. The van der Waals surface area contributed by atoms with Crippen molar-refractivity contribution in [2.75, 3.05) is 0 Å². The Morgan fingerprint density at radius 2 is 1.00 bits per heavy atom. The molecule has 2 aromatic carbocycles. The smallest absolute Gasteiger partial charge is 0.338 e. The molecule has 0 amide bonds. The maximum absolute atomic E-state index is 12.1. The van der Waals surface area contributed by atoms with E-state index in [4.69, 9.17) is 23.7 Å². The van der Waals surface area contributed by atoms with E-state index < -0.39 is 23.9 Å². The second-order valence-corrected chi connectivity index (χ2v) is 8.78. The van der Waals surface area contributed by atoms with Crippen LogP contribution in [0, 0.1) is 0 Å². The fourth-order valence-corrected chi connectivity index (χ4v) is 2.62. The molecule has 9 nitrogen and oxygen atoms in total. The zero-order valence-electron chi connectivity index (χ0n) is 22.8. The first-order valence-corrected chi connectivity index (χ1v) is 11.8. The van der Waals surface area contributed by atoms with Gasteiger partial charge in [0.25, 0.3) is 0 Å². The summed E-state index contributed by atoms with van der Waals surface area (Å²) in [5, 5.41) is 0. The molecule has 0 bridgehead atoms. The van der Waals surface area contributed by atoms with Gasteiger partial charge in [0.2, 0.25) is 0 Å². The highest BCUT2D eigenvalue weighted by atomic mass is 16.6. The van der Waals surface area contributed by atoms with Crippen molar-refractivity contribution in [2.24, 2.45) is 0 Å². The number of rotatable bonds is 12. The summed E-state index contributed by atoms with van der Waals surface area (Å²) in [7, 11) is 0. The van der Waals surface area contributed by atoms with Crippen LogP contribution in [0.5, 0.6) is 23.0 Å². The Labute approximate surface area is 232 Å². The number of esters is 4. The fourth-order valence-electron chi connectivity index (χ4n) is 2.62. The molecule has 2 rings (SSSR count). The monoisotopic (exact) mass is 546 g/mol. The van der Waals surface area contributed by atoms with E-state index in [0.29, 0.717) is 11.1 Å². The quantitative estimate of drug-likeness (QED) is 0.141. The number of hydrogen-bond donors (Lipinski definition) is 0. The number of hydrogen-bond acceptors (Lipinski definition) is 9. The first kappa shape index (κ1) is 31.0. The number of carbonyl (C=O) groups is 4. The fraction of sp³-hybridized carbons (Fsp3) is 0.161. The Balaban J connectivity index is 2.21. The molecular formula is C31H30O9. The van der Waals surface area contributed by atoms with Crippen LogP contribution in [0.15, 0.2) is 91.3 Å². The van der Waals surface area contributed by atoms with E-state index in [1.807, 2.05) is 0 Å². The molecule has 0 unspecified atom stereocenters. The molecule has 0 N–H and O–H groups in total.